The number of carbonyl (C=O) groups is 1. The van der Waals surface area contributed by atoms with Gasteiger partial charge in [0.2, 0.25) is 0 Å². The summed E-state index contributed by atoms with van der Waals surface area (Å²) >= 11 is 0. The summed E-state index contributed by atoms with van der Waals surface area (Å²) in [6.07, 6.45) is -3.69. The number of hydrogen-bond acceptors (Lipinski definition) is 2. The summed E-state index contributed by atoms with van der Waals surface area (Å²) < 4.78 is 39.5. The molecule has 112 valence electrons. The average Bonchev–Trinajstić information content (AvgIpc) is 2.76. The lowest BCUT2D eigenvalue weighted by Gasteiger charge is -2.12. The highest BCUT2D eigenvalue weighted by Gasteiger charge is 2.34. The van der Waals surface area contributed by atoms with Crippen molar-refractivity contribution >= 4 is 5.97 Å². The van der Waals surface area contributed by atoms with Gasteiger partial charge in [-0.05, 0) is 18.6 Å². The van der Waals surface area contributed by atoms with Crippen LogP contribution in [0, 0.1) is 0 Å². The summed E-state index contributed by atoms with van der Waals surface area (Å²) in [6.45, 7) is 0. The number of aryl methyl sites for hydroxylation is 1. The van der Waals surface area contributed by atoms with Crippen molar-refractivity contribution in [3.63, 3.8) is 0 Å². The molecule has 0 spiro atoms. The molecule has 0 aliphatic heterocycles. The lowest BCUT2D eigenvalue weighted by Crippen LogP contribution is -2.21. The molecule has 2 rings (SSSR count). The number of nitrogens with zero attached hydrogens (tertiary/aromatic N) is 1. The fourth-order valence-electron chi connectivity index (χ4n) is 1.91. The number of aromatic amines is 1. The van der Waals surface area contributed by atoms with Crippen LogP contribution in [0.15, 0.2) is 35.3 Å². The average molecular weight is 300 g/mol. The van der Waals surface area contributed by atoms with Gasteiger partial charge in [0.1, 0.15) is 0 Å². The quantitative estimate of drug-likeness (QED) is 0.909. The second kappa shape index (κ2) is 5.47. The van der Waals surface area contributed by atoms with Crippen LogP contribution in [-0.4, -0.2) is 20.9 Å². The van der Waals surface area contributed by atoms with Crippen LogP contribution in [0.4, 0.5) is 13.2 Å². The summed E-state index contributed by atoms with van der Waals surface area (Å²) in [5, 5.41) is 11.0. The standard InChI is InChI=1S/C13H11F3N2O3/c14-13(15,16)9-3-1-2-4-10(9)18-12(21)8(7-17-18)5-6-11(19)20/h1-4,7,17H,5-6H2,(H,19,20). The Kier molecular flexibility index (Phi) is 3.88. The van der Waals surface area contributed by atoms with Gasteiger partial charge in [0, 0.05) is 18.2 Å². The van der Waals surface area contributed by atoms with Crippen LogP contribution >= 0.6 is 0 Å². The first kappa shape index (κ1) is 14.9. The van der Waals surface area contributed by atoms with E-state index in [9.17, 15) is 22.8 Å². The second-order valence-electron chi connectivity index (χ2n) is 4.35. The van der Waals surface area contributed by atoms with E-state index >= 15 is 0 Å². The third-order valence-corrected chi connectivity index (χ3v) is 2.90. The molecule has 0 aliphatic carbocycles. The number of aliphatic carboxylic acids is 1. The predicted octanol–water partition coefficient (Wildman–Crippen LogP) is 2.20. The highest BCUT2D eigenvalue weighted by Crippen LogP contribution is 2.32. The van der Waals surface area contributed by atoms with Crippen LogP contribution in [0.2, 0.25) is 0 Å². The van der Waals surface area contributed by atoms with Crippen LogP contribution in [0.25, 0.3) is 5.69 Å². The summed E-state index contributed by atoms with van der Waals surface area (Å²) in [7, 11) is 0. The third-order valence-electron chi connectivity index (χ3n) is 2.90. The predicted molar refractivity (Wildman–Crippen MR) is 67.3 cm³/mol. The summed E-state index contributed by atoms with van der Waals surface area (Å²) in [5.41, 5.74) is -1.84. The number of alkyl halides is 3. The SMILES string of the molecule is O=C(O)CCc1c[nH]n(-c2ccccc2C(F)(F)F)c1=O. The highest BCUT2D eigenvalue weighted by molar-refractivity contribution is 5.67. The molecule has 1 heterocycles. The molecule has 1 aromatic heterocycles. The van der Waals surface area contributed by atoms with E-state index in [2.05, 4.69) is 5.10 Å². The van der Waals surface area contributed by atoms with Crippen LogP contribution < -0.4 is 5.56 Å². The number of hydrogen-bond donors (Lipinski definition) is 2. The number of benzene rings is 1. The van der Waals surface area contributed by atoms with Crippen LogP contribution in [0.1, 0.15) is 17.5 Å². The minimum Gasteiger partial charge on any atom is -0.481 e. The van der Waals surface area contributed by atoms with Crippen molar-refractivity contribution in [2.24, 2.45) is 0 Å². The number of rotatable bonds is 4. The molecule has 2 aromatic rings. The van der Waals surface area contributed by atoms with Crippen molar-refractivity contribution in [1.82, 2.24) is 9.78 Å². The van der Waals surface area contributed by atoms with Gasteiger partial charge in [-0.3, -0.25) is 14.7 Å². The summed E-state index contributed by atoms with van der Waals surface area (Å²) in [5.74, 6) is -1.09. The molecule has 0 saturated carbocycles. The van der Waals surface area contributed by atoms with Gasteiger partial charge < -0.3 is 5.11 Å². The maximum Gasteiger partial charge on any atom is 0.418 e. The molecule has 2 N–H and O–H groups in total. The van der Waals surface area contributed by atoms with Gasteiger partial charge in [-0.2, -0.15) is 13.2 Å². The van der Waals surface area contributed by atoms with E-state index in [0.29, 0.717) is 0 Å². The zero-order valence-electron chi connectivity index (χ0n) is 10.6. The highest BCUT2D eigenvalue weighted by atomic mass is 19.4. The van der Waals surface area contributed by atoms with Crippen LogP contribution in [0.3, 0.4) is 0 Å². The topological polar surface area (TPSA) is 75.1 Å². The lowest BCUT2D eigenvalue weighted by molar-refractivity contribution is -0.138. The second-order valence-corrected chi connectivity index (χ2v) is 4.35. The Bertz CT molecular complexity index is 716. The number of nitrogens with one attached hydrogen (secondary N) is 1. The lowest BCUT2D eigenvalue weighted by atomic mass is 10.1. The fraction of sp³-hybridized carbons (Fsp3) is 0.231. The molecule has 0 fully saturated rings. The summed E-state index contributed by atoms with van der Waals surface area (Å²) in [4.78, 5) is 22.5. The van der Waals surface area contributed by atoms with E-state index in [1.54, 1.807) is 0 Å². The first-order valence-electron chi connectivity index (χ1n) is 5.98. The van der Waals surface area contributed by atoms with Crippen LogP contribution in [0.5, 0.6) is 0 Å². The summed E-state index contributed by atoms with van der Waals surface area (Å²) in [6, 6.07) is 4.65. The van der Waals surface area contributed by atoms with Crippen molar-refractivity contribution in [2.75, 3.05) is 0 Å². The number of aromatic nitrogens is 2. The van der Waals surface area contributed by atoms with E-state index in [1.807, 2.05) is 0 Å². The van der Waals surface area contributed by atoms with E-state index < -0.39 is 23.3 Å². The number of halogens is 3. The number of carboxylic acids is 1. The van der Waals surface area contributed by atoms with E-state index in [-0.39, 0.29) is 24.1 Å². The van der Waals surface area contributed by atoms with Gasteiger partial charge >= 0.3 is 12.1 Å². The molecule has 0 unspecified atom stereocenters. The Morgan fingerprint density at radius 3 is 2.57 bits per heavy atom. The normalized spacial score (nSPS) is 11.6. The molecule has 1 aromatic carbocycles. The number of H-pyrrole nitrogens is 1. The Hall–Kier alpha value is -2.51. The van der Waals surface area contributed by atoms with E-state index in [0.717, 1.165) is 10.7 Å². The minimum absolute atomic E-state index is 0.0498. The largest absolute Gasteiger partial charge is 0.481 e. The molecule has 0 saturated heterocycles. The number of para-hydroxylation sites is 1. The molecule has 5 nitrogen and oxygen atoms in total. The maximum atomic E-state index is 12.9. The van der Waals surface area contributed by atoms with Crippen molar-refractivity contribution < 1.29 is 23.1 Å². The van der Waals surface area contributed by atoms with E-state index in [4.69, 9.17) is 5.11 Å². The molecule has 0 aliphatic rings. The molecule has 0 atom stereocenters. The smallest absolute Gasteiger partial charge is 0.418 e. The molecular weight excluding hydrogens is 289 g/mol. The van der Waals surface area contributed by atoms with Crippen molar-refractivity contribution in [3.05, 3.63) is 51.9 Å². The van der Waals surface area contributed by atoms with Gasteiger partial charge in [-0.1, -0.05) is 12.1 Å². The number of carboxylic acid groups (broad SMARTS) is 1. The third kappa shape index (κ3) is 3.15. The first-order chi connectivity index (χ1) is 9.80. The van der Waals surface area contributed by atoms with Crippen LogP contribution in [-0.2, 0) is 17.4 Å². The molecule has 0 radical (unpaired) electrons. The Labute approximate surface area is 116 Å². The van der Waals surface area contributed by atoms with Crippen molar-refractivity contribution in [1.29, 1.82) is 0 Å². The Morgan fingerprint density at radius 2 is 1.95 bits per heavy atom. The molecule has 8 heteroatoms. The molecule has 0 bridgehead atoms. The molecule has 21 heavy (non-hydrogen) atoms. The zero-order chi connectivity index (χ0) is 15.6. The van der Waals surface area contributed by atoms with Crippen molar-refractivity contribution in [2.45, 2.75) is 19.0 Å². The Balaban J connectivity index is 2.45. The van der Waals surface area contributed by atoms with E-state index in [1.165, 1.54) is 24.4 Å². The Morgan fingerprint density at radius 1 is 1.29 bits per heavy atom. The zero-order valence-corrected chi connectivity index (χ0v) is 10.6. The van der Waals surface area contributed by atoms with Crippen molar-refractivity contribution in [3.8, 4) is 5.69 Å². The molecule has 0 amide bonds. The first-order valence-corrected chi connectivity index (χ1v) is 5.98. The maximum absolute atomic E-state index is 12.9. The fourth-order valence-corrected chi connectivity index (χ4v) is 1.91. The van der Waals surface area contributed by atoms with Gasteiger partial charge in [-0.15, -0.1) is 0 Å². The van der Waals surface area contributed by atoms with Gasteiger partial charge in [0.25, 0.3) is 5.56 Å². The molecular formula is C13H11F3N2O3. The van der Waals surface area contributed by atoms with Gasteiger partial charge in [-0.25, -0.2) is 4.68 Å². The van der Waals surface area contributed by atoms with Gasteiger partial charge in [0.05, 0.1) is 11.3 Å². The van der Waals surface area contributed by atoms with Gasteiger partial charge in [0.15, 0.2) is 0 Å². The monoisotopic (exact) mass is 300 g/mol. The minimum atomic E-state index is -4.59.